The van der Waals surface area contributed by atoms with Gasteiger partial charge in [-0.05, 0) is 44.0 Å². The first-order chi connectivity index (χ1) is 9.83. The fraction of sp³-hybridized carbons (Fsp3) is 0.647. The third-order valence-corrected chi connectivity index (χ3v) is 4.02. The Bertz CT molecular complexity index is 404. The maximum Gasteiger partial charge on any atom is 0.126 e. The summed E-state index contributed by atoms with van der Waals surface area (Å²) in [5, 5.41) is 0. The van der Waals surface area contributed by atoms with Crippen molar-refractivity contribution < 1.29 is 9.47 Å². The topological polar surface area (TPSA) is 21.7 Å². The number of rotatable bonds is 6. The van der Waals surface area contributed by atoms with Gasteiger partial charge >= 0.3 is 0 Å². The molecule has 0 spiro atoms. The van der Waals surface area contributed by atoms with Crippen molar-refractivity contribution in [3.05, 3.63) is 23.8 Å². The number of aryl methyl sites for hydroxylation is 1. The van der Waals surface area contributed by atoms with Crippen LogP contribution >= 0.6 is 12.4 Å². The van der Waals surface area contributed by atoms with Gasteiger partial charge in [-0.3, -0.25) is 4.90 Å². The number of hydrogen-bond acceptors (Lipinski definition) is 3. The van der Waals surface area contributed by atoms with Crippen LogP contribution < -0.4 is 9.47 Å². The summed E-state index contributed by atoms with van der Waals surface area (Å²) in [5.41, 5.74) is 1.25. The highest BCUT2D eigenvalue weighted by Crippen LogP contribution is 2.25. The molecular formula is C17H28ClNO2. The van der Waals surface area contributed by atoms with Gasteiger partial charge in [0.1, 0.15) is 18.1 Å². The van der Waals surface area contributed by atoms with Gasteiger partial charge < -0.3 is 9.47 Å². The molecule has 1 aromatic rings. The average Bonchev–Trinajstić information content (AvgIpc) is 2.76. The summed E-state index contributed by atoms with van der Waals surface area (Å²) in [5.74, 6) is 1.84. The van der Waals surface area contributed by atoms with Crippen LogP contribution in [0.5, 0.6) is 11.5 Å². The lowest BCUT2D eigenvalue weighted by atomic mass is 10.1. The molecule has 0 bridgehead atoms. The molecule has 1 aromatic carbocycles. The third kappa shape index (κ3) is 5.76. The smallest absolute Gasteiger partial charge is 0.126 e. The van der Waals surface area contributed by atoms with Gasteiger partial charge in [-0.15, -0.1) is 12.4 Å². The summed E-state index contributed by atoms with van der Waals surface area (Å²) in [6.45, 7) is 6.40. The third-order valence-electron chi connectivity index (χ3n) is 4.02. The highest BCUT2D eigenvalue weighted by Gasteiger charge is 2.09. The molecule has 2 rings (SSSR count). The Morgan fingerprint density at radius 2 is 1.81 bits per heavy atom. The zero-order valence-electron chi connectivity index (χ0n) is 13.3. The summed E-state index contributed by atoms with van der Waals surface area (Å²) >= 11 is 0. The summed E-state index contributed by atoms with van der Waals surface area (Å²) in [7, 11) is 1.70. The van der Waals surface area contributed by atoms with Gasteiger partial charge in [0, 0.05) is 12.6 Å². The van der Waals surface area contributed by atoms with E-state index in [0.29, 0.717) is 0 Å². The van der Waals surface area contributed by atoms with Crippen molar-refractivity contribution in [2.24, 2.45) is 0 Å². The highest BCUT2D eigenvalue weighted by molar-refractivity contribution is 5.85. The van der Waals surface area contributed by atoms with Gasteiger partial charge in [0.05, 0.1) is 7.11 Å². The van der Waals surface area contributed by atoms with Crippen molar-refractivity contribution in [2.45, 2.75) is 39.0 Å². The minimum atomic E-state index is 0. The molecule has 1 aliphatic heterocycles. The molecule has 120 valence electrons. The maximum atomic E-state index is 5.99. The Balaban J connectivity index is 0.00000220. The Morgan fingerprint density at radius 3 is 2.43 bits per heavy atom. The summed E-state index contributed by atoms with van der Waals surface area (Å²) < 4.78 is 11.3. The number of likely N-dealkylation sites (tertiary alicyclic amines) is 1. The van der Waals surface area contributed by atoms with Crippen LogP contribution in [0.3, 0.4) is 0 Å². The van der Waals surface area contributed by atoms with Crippen molar-refractivity contribution in [1.82, 2.24) is 4.90 Å². The van der Waals surface area contributed by atoms with Crippen LogP contribution in [0.2, 0.25) is 0 Å². The number of methoxy groups -OCH3 is 1. The largest absolute Gasteiger partial charge is 0.497 e. The fourth-order valence-corrected chi connectivity index (χ4v) is 2.73. The van der Waals surface area contributed by atoms with Crippen LogP contribution in [0.4, 0.5) is 0 Å². The van der Waals surface area contributed by atoms with Gasteiger partial charge in [-0.25, -0.2) is 0 Å². The standard InChI is InChI=1S/C17H27NO2.ClH/c1-3-15-8-9-16(19-2)14-17(15)20-13-12-18-10-6-4-5-7-11-18;/h8-9,14H,3-7,10-13H2,1-2H3;1H. The van der Waals surface area contributed by atoms with E-state index in [9.17, 15) is 0 Å². The number of benzene rings is 1. The molecule has 1 heterocycles. The summed E-state index contributed by atoms with van der Waals surface area (Å²) in [4.78, 5) is 2.53. The van der Waals surface area contributed by atoms with Crippen LogP contribution in [-0.4, -0.2) is 38.3 Å². The van der Waals surface area contributed by atoms with Crippen LogP contribution in [0, 0.1) is 0 Å². The van der Waals surface area contributed by atoms with Crippen molar-refractivity contribution in [3.63, 3.8) is 0 Å². The molecule has 3 nitrogen and oxygen atoms in total. The van der Waals surface area contributed by atoms with E-state index in [1.54, 1.807) is 7.11 Å². The highest BCUT2D eigenvalue weighted by atomic mass is 35.5. The molecule has 1 saturated heterocycles. The first kappa shape index (κ1) is 18.1. The molecule has 0 aliphatic carbocycles. The lowest BCUT2D eigenvalue weighted by Crippen LogP contribution is -2.29. The van der Waals surface area contributed by atoms with Gasteiger partial charge in [0.25, 0.3) is 0 Å². The molecule has 0 aromatic heterocycles. The van der Waals surface area contributed by atoms with E-state index in [0.717, 1.165) is 31.1 Å². The summed E-state index contributed by atoms with van der Waals surface area (Å²) in [6, 6.07) is 6.10. The van der Waals surface area contributed by atoms with Crippen molar-refractivity contribution >= 4 is 12.4 Å². The second kappa shape index (κ2) is 9.91. The number of halogens is 1. The Hall–Kier alpha value is -0.930. The Kier molecular flexibility index (Phi) is 8.55. The molecular weight excluding hydrogens is 286 g/mol. The van der Waals surface area contributed by atoms with Crippen LogP contribution in [-0.2, 0) is 6.42 Å². The first-order valence-corrected chi connectivity index (χ1v) is 7.85. The molecule has 0 unspecified atom stereocenters. The van der Waals surface area contributed by atoms with Crippen molar-refractivity contribution in [1.29, 1.82) is 0 Å². The summed E-state index contributed by atoms with van der Waals surface area (Å²) in [6.07, 6.45) is 6.42. The molecule has 21 heavy (non-hydrogen) atoms. The monoisotopic (exact) mass is 313 g/mol. The lowest BCUT2D eigenvalue weighted by molar-refractivity contribution is 0.212. The SMILES string of the molecule is CCc1ccc(OC)cc1OCCN1CCCCCC1.Cl. The van der Waals surface area contributed by atoms with Crippen LogP contribution in [0.25, 0.3) is 0 Å². The molecule has 0 saturated carbocycles. The maximum absolute atomic E-state index is 5.99. The van der Waals surface area contributed by atoms with E-state index in [1.165, 1.54) is 44.3 Å². The molecule has 1 aliphatic rings. The Morgan fingerprint density at radius 1 is 1.10 bits per heavy atom. The molecule has 1 fully saturated rings. The van der Waals surface area contributed by atoms with E-state index in [1.807, 2.05) is 12.1 Å². The quantitative estimate of drug-likeness (QED) is 0.794. The molecule has 0 atom stereocenters. The second-order valence-corrected chi connectivity index (χ2v) is 5.43. The van der Waals surface area contributed by atoms with E-state index >= 15 is 0 Å². The van der Waals surface area contributed by atoms with Gasteiger partial charge in [-0.2, -0.15) is 0 Å². The predicted molar refractivity (Wildman–Crippen MR) is 90.0 cm³/mol. The van der Waals surface area contributed by atoms with E-state index in [4.69, 9.17) is 9.47 Å². The number of hydrogen-bond donors (Lipinski definition) is 0. The van der Waals surface area contributed by atoms with Gasteiger partial charge in [0.2, 0.25) is 0 Å². The van der Waals surface area contributed by atoms with E-state index < -0.39 is 0 Å². The lowest BCUT2D eigenvalue weighted by Gasteiger charge is -2.20. The zero-order valence-corrected chi connectivity index (χ0v) is 14.1. The van der Waals surface area contributed by atoms with E-state index in [-0.39, 0.29) is 12.4 Å². The van der Waals surface area contributed by atoms with Gasteiger partial charge in [0.15, 0.2) is 0 Å². The Labute approximate surface area is 135 Å². The minimum Gasteiger partial charge on any atom is -0.497 e. The molecule has 0 amide bonds. The minimum absolute atomic E-state index is 0. The fourth-order valence-electron chi connectivity index (χ4n) is 2.73. The second-order valence-electron chi connectivity index (χ2n) is 5.43. The molecule has 4 heteroatoms. The van der Waals surface area contributed by atoms with Gasteiger partial charge in [-0.1, -0.05) is 25.8 Å². The average molecular weight is 314 g/mol. The zero-order chi connectivity index (χ0) is 14.2. The first-order valence-electron chi connectivity index (χ1n) is 7.85. The van der Waals surface area contributed by atoms with Crippen LogP contribution in [0.1, 0.15) is 38.2 Å². The molecule has 0 radical (unpaired) electrons. The normalized spacial score (nSPS) is 15.9. The molecule has 0 N–H and O–H groups in total. The number of ether oxygens (including phenoxy) is 2. The van der Waals surface area contributed by atoms with E-state index in [2.05, 4.69) is 17.9 Å². The van der Waals surface area contributed by atoms with Crippen molar-refractivity contribution in [2.75, 3.05) is 33.4 Å². The predicted octanol–water partition coefficient (Wildman–Crippen LogP) is 3.93. The van der Waals surface area contributed by atoms with Crippen molar-refractivity contribution in [3.8, 4) is 11.5 Å². The number of nitrogens with zero attached hydrogens (tertiary/aromatic N) is 1. The van der Waals surface area contributed by atoms with Crippen LogP contribution in [0.15, 0.2) is 18.2 Å².